The number of furan rings is 1. The minimum absolute atomic E-state index is 0. The lowest BCUT2D eigenvalue weighted by Crippen LogP contribution is -2.43. The van der Waals surface area contributed by atoms with Gasteiger partial charge < -0.3 is 14.6 Å². The Kier molecular flexibility index (Phi) is 5.64. The Labute approximate surface area is 148 Å². The van der Waals surface area contributed by atoms with E-state index in [4.69, 9.17) is 4.42 Å². The van der Waals surface area contributed by atoms with Gasteiger partial charge in [0, 0.05) is 33.7 Å². The van der Waals surface area contributed by atoms with Gasteiger partial charge in [-0.15, -0.1) is 12.4 Å². The van der Waals surface area contributed by atoms with Crippen LogP contribution in [0.3, 0.4) is 0 Å². The molecule has 7 nitrogen and oxygen atoms in total. The molecule has 3 heterocycles. The van der Waals surface area contributed by atoms with E-state index in [1.165, 1.54) is 32.6 Å². The minimum atomic E-state index is -3.65. The molecule has 1 N–H and O–H groups in total. The fourth-order valence-electron chi connectivity index (χ4n) is 3.32. The zero-order valence-corrected chi connectivity index (χ0v) is 15.6. The topological polar surface area (TPSA) is 82.9 Å². The standard InChI is InChI=1S/C15H23N3O4S.ClH/c1-17(2)23(20,21)13-4-3-12(22-13)14(19)18-9-6-15(7-10-18)5-8-16-11-15;/h3-4,16H,5-11H2,1-2H3;1H. The molecule has 2 fully saturated rings. The Morgan fingerprint density at radius 3 is 2.46 bits per heavy atom. The third-order valence-electron chi connectivity index (χ3n) is 4.97. The minimum Gasteiger partial charge on any atom is -0.438 e. The van der Waals surface area contributed by atoms with E-state index in [0.717, 1.165) is 30.2 Å². The lowest BCUT2D eigenvalue weighted by atomic mass is 9.78. The van der Waals surface area contributed by atoms with E-state index in [2.05, 4.69) is 5.32 Å². The summed E-state index contributed by atoms with van der Waals surface area (Å²) < 4.78 is 30.4. The van der Waals surface area contributed by atoms with Crippen molar-refractivity contribution < 1.29 is 17.6 Å². The fraction of sp³-hybridized carbons (Fsp3) is 0.667. The Balaban J connectivity index is 0.00000208. The number of likely N-dealkylation sites (tertiary alicyclic amines) is 1. The van der Waals surface area contributed by atoms with Gasteiger partial charge in [0.25, 0.3) is 15.9 Å². The zero-order chi connectivity index (χ0) is 16.7. The molecular formula is C15H24ClN3O4S. The summed E-state index contributed by atoms with van der Waals surface area (Å²) in [5.41, 5.74) is 0.333. The highest BCUT2D eigenvalue weighted by atomic mass is 35.5. The van der Waals surface area contributed by atoms with E-state index < -0.39 is 10.0 Å². The van der Waals surface area contributed by atoms with Crippen molar-refractivity contribution in [3.8, 4) is 0 Å². The van der Waals surface area contributed by atoms with Crippen LogP contribution in [0.25, 0.3) is 0 Å². The second-order valence-corrected chi connectivity index (χ2v) is 8.71. The highest BCUT2D eigenvalue weighted by Crippen LogP contribution is 2.37. The van der Waals surface area contributed by atoms with Crippen molar-refractivity contribution in [2.45, 2.75) is 24.4 Å². The molecule has 0 radical (unpaired) electrons. The molecule has 1 amide bonds. The van der Waals surface area contributed by atoms with Crippen molar-refractivity contribution in [1.82, 2.24) is 14.5 Å². The lowest BCUT2D eigenvalue weighted by Gasteiger charge is -2.38. The number of carbonyl (C=O) groups is 1. The summed E-state index contributed by atoms with van der Waals surface area (Å²) in [5.74, 6) is -0.142. The van der Waals surface area contributed by atoms with E-state index in [-0.39, 0.29) is 29.2 Å². The van der Waals surface area contributed by atoms with Gasteiger partial charge in [-0.2, -0.15) is 0 Å². The summed E-state index contributed by atoms with van der Waals surface area (Å²) in [4.78, 5) is 14.3. The molecule has 3 rings (SSSR count). The summed E-state index contributed by atoms with van der Waals surface area (Å²) in [5, 5.41) is 3.20. The van der Waals surface area contributed by atoms with Crippen LogP contribution in [-0.2, 0) is 10.0 Å². The molecule has 1 aromatic rings. The highest BCUT2D eigenvalue weighted by molar-refractivity contribution is 7.88. The number of amides is 1. The van der Waals surface area contributed by atoms with Gasteiger partial charge in [0.15, 0.2) is 5.76 Å². The quantitative estimate of drug-likeness (QED) is 0.854. The molecule has 2 aliphatic heterocycles. The van der Waals surface area contributed by atoms with Crippen molar-refractivity contribution >= 4 is 28.3 Å². The van der Waals surface area contributed by atoms with Crippen LogP contribution in [-0.4, -0.2) is 63.8 Å². The Bertz CT molecular complexity index is 685. The summed E-state index contributed by atoms with van der Waals surface area (Å²) >= 11 is 0. The van der Waals surface area contributed by atoms with E-state index >= 15 is 0 Å². The van der Waals surface area contributed by atoms with Crippen LogP contribution in [0.2, 0.25) is 0 Å². The fourth-order valence-corrected chi connectivity index (χ4v) is 4.11. The molecule has 2 aliphatic rings. The molecule has 0 saturated carbocycles. The van der Waals surface area contributed by atoms with Crippen LogP contribution in [0.1, 0.15) is 29.8 Å². The van der Waals surface area contributed by atoms with Gasteiger partial charge in [-0.3, -0.25) is 4.79 Å². The van der Waals surface area contributed by atoms with E-state index in [9.17, 15) is 13.2 Å². The number of sulfonamides is 1. The van der Waals surface area contributed by atoms with E-state index in [1.54, 1.807) is 4.90 Å². The smallest absolute Gasteiger partial charge is 0.289 e. The van der Waals surface area contributed by atoms with Crippen LogP contribution >= 0.6 is 12.4 Å². The van der Waals surface area contributed by atoms with Gasteiger partial charge >= 0.3 is 0 Å². The van der Waals surface area contributed by atoms with Crippen molar-refractivity contribution in [2.24, 2.45) is 5.41 Å². The Morgan fingerprint density at radius 2 is 1.92 bits per heavy atom. The molecule has 0 atom stereocenters. The monoisotopic (exact) mass is 377 g/mol. The van der Waals surface area contributed by atoms with Gasteiger partial charge in [-0.05, 0) is 43.4 Å². The number of halogens is 1. The van der Waals surface area contributed by atoms with Gasteiger partial charge in [-0.1, -0.05) is 0 Å². The van der Waals surface area contributed by atoms with Crippen LogP contribution in [0.4, 0.5) is 0 Å². The average molecular weight is 378 g/mol. The highest BCUT2D eigenvalue weighted by Gasteiger charge is 2.38. The summed E-state index contributed by atoms with van der Waals surface area (Å²) in [6, 6.07) is 2.79. The molecule has 1 spiro atoms. The van der Waals surface area contributed by atoms with Gasteiger partial charge in [-0.25, -0.2) is 12.7 Å². The third kappa shape index (κ3) is 3.46. The maximum absolute atomic E-state index is 12.5. The SMILES string of the molecule is CN(C)S(=O)(=O)c1ccc(C(=O)N2CCC3(CCNC3)CC2)o1.Cl. The van der Waals surface area contributed by atoms with Crippen molar-refractivity contribution in [1.29, 1.82) is 0 Å². The summed E-state index contributed by atoms with van der Waals surface area (Å²) in [7, 11) is -0.792. The lowest BCUT2D eigenvalue weighted by molar-refractivity contribution is 0.0571. The Hall–Kier alpha value is -1.09. The molecule has 136 valence electrons. The van der Waals surface area contributed by atoms with Crippen LogP contribution in [0.15, 0.2) is 21.6 Å². The number of nitrogens with zero attached hydrogens (tertiary/aromatic N) is 2. The zero-order valence-electron chi connectivity index (χ0n) is 13.9. The first kappa shape index (κ1) is 19.2. The molecule has 1 aromatic heterocycles. The predicted octanol–water partition coefficient (Wildman–Crippen LogP) is 1.17. The molecular weight excluding hydrogens is 354 g/mol. The largest absolute Gasteiger partial charge is 0.438 e. The number of hydrogen-bond donors (Lipinski definition) is 1. The Morgan fingerprint density at radius 1 is 1.25 bits per heavy atom. The molecule has 0 aliphatic carbocycles. The average Bonchev–Trinajstić information content (AvgIpc) is 3.17. The number of nitrogens with one attached hydrogen (secondary N) is 1. The van der Waals surface area contributed by atoms with Crippen molar-refractivity contribution in [2.75, 3.05) is 40.3 Å². The van der Waals surface area contributed by atoms with Crippen molar-refractivity contribution in [3.63, 3.8) is 0 Å². The van der Waals surface area contributed by atoms with Gasteiger partial charge in [0.2, 0.25) is 5.09 Å². The number of piperidine rings is 1. The van der Waals surface area contributed by atoms with Crippen LogP contribution in [0, 0.1) is 5.41 Å². The molecule has 2 saturated heterocycles. The summed E-state index contributed by atoms with van der Waals surface area (Å²) in [6.45, 7) is 3.47. The molecule has 0 bridgehead atoms. The first-order valence-electron chi connectivity index (χ1n) is 7.86. The van der Waals surface area contributed by atoms with Crippen molar-refractivity contribution in [3.05, 3.63) is 17.9 Å². The second-order valence-electron chi connectivity index (χ2n) is 6.63. The number of rotatable bonds is 3. The number of carbonyl (C=O) groups excluding carboxylic acids is 1. The third-order valence-corrected chi connectivity index (χ3v) is 6.66. The first-order chi connectivity index (χ1) is 10.8. The maximum Gasteiger partial charge on any atom is 0.289 e. The molecule has 24 heavy (non-hydrogen) atoms. The van der Waals surface area contributed by atoms with Gasteiger partial charge in [0.05, 0.1) is 0 Å². The normalized spacial score (nSPS) is 20.4. The summed E-state index contributed by atoms with van der Waals surface area (Å²) in [6.07, 6.45) is 3.13. The van der Waals surface area contributed by atoms with E-state index in [1.807, 2.05) is 0 Å². The number of hydrogen-bond acceptors (Lipinski definition) is 5. The van der Waals surface area contributed by atoms with Crippen LogP contribution in [0.5, 0.6) is 0 Å². The van der Waals surface area contributed by atoms with E-state index in [0.29, 0.717) is 18.5 Å². The molecule has 9 heteroatoms. The first-order valence-corrected chi connectivity index (χ1v) is 9.30. The van der Waals surface area contributed by atoms with Crippen LogP contribution < -0.4 is 5.32 Å². The predicted molar refractivity (Wildman–Crippen MR) is 91.9 cm³/mol. The molecule has 0 aromatic carbocycles. The molecule has 0 unspecified atom stereocenters. The second kappa shape index (κ2) is 7.03. The van der Waals surface area contributed by atoms with Gasteiger partial charge in [0.1, 0.15) is 0 Å². The maximum atomic E-state index is 12.5.